The molecule has 0 aliphatic heterocycles. The molecule has 0 aliphatic carbocycles. The van der Waals surface area contributed by atoms with Crippen molar-refractivity contribution in [2.24, 2.45) is 0 Å². The van der Waals surface area contributed by atoms with E-state index in [-0.39, 0.29) is 5.91 Å². The Balaban J connectivity index is 1.44. The highest BCUT2D eigenvalue weighted by Gasteiger charge is 2.07. The third kappa shape index (κ3) is 4.34. The van der Waals surface area contributed by atoms with Gasteiger partial charge in [0.1, 0.15) is 24.2 Å². The summed E-state index contributed by atoms with van der Waals surface area (Å²) in [5, 5.41) is 2.87. The monoisotopic (exact) mass is 483 g/mol. The van der Waals surface area contributed by atoms with Crippen molar-refractivity contribution in [3.8, 4) is 17.4 Å². The zero-order chi connectivity index (χ0) is 19.3. The molecule has 1 amide bonds. The van der Waals surface area contributed by atoms with Crippen molar-refractivity contribution >= 4 is 34.2 Å². The van der Waals surface area contributed by atoms with E-state index in [1.807, 2.05) is 18.2 Å². The number of nitrogens with one attached hydrogen (secondary N) is 1. The Hall–Kier alpha value is -3.27. The second kappa shape index (κ2) is 8.17. The largest absolute Gasteiger partial charge is 0.439 e. The third-order valence-corrected chi connectivity index (χ3v) is 4.49. The molecule has 2 aromatic heterocycles. The molecule has 138 valence electrons. The summed E-state index contributed by atoms with van der Waals surface area (Å²) in [6.07, 6.45) is 6.54. The SMILES string of the molecule is O=C(Nc1ccc(Oc2cc(-n3ccnc3)ncn2)cc1)c1cccc(I)c1. The molecule has 0 radical (unpaired) electrons. The summed E-state index contributed by atoms with van der Waals surface area (Å²) in [4.78, 5) is 24.6. The number of amides is 1. The molecule has 1 N–H and O–H groups in total. The minimum atomic E-state index is -0.159. The van der Waals surface area contributed by atoms with E-state index in [0.717, 1.165) is 3.57 Å². The molecule has 2 heterocycles. The lowest BCUT2D eigenvalue weighted by Gasteiger charge is -2.08. The molecule has 7 nitrogen and oxygen atoms in total. The van der Waals surface area contributed by atoms with Crippen LogP contribution in [0.3, 0.4) is 0 Å². The molecule has 0 bridgehead atoms. The van der Waals surface area contributed by atoms with Crippen LogP contribution in [-0.4, -0.2) is 25.4 Å². The van der Waals surface area contributed by atoms with E-state index in [1.165, 1.54) is 6.33 Å². The Morgan fingerprint density at radius 2 is 1.93 bits per heavy atom. The fraction of sp³-hybridized carbons (Fsp3) is 0. The van der Waals surface area contributed by atoms with Crippen molar-refractivity contribution in [2.75, 3.05) is 5.32 Å². The van der Waals surface area contributed by atoms with Gasteiger partial charge < -0.3 is 10.1 Å². The molecule has 0 fully saturated rings. The summed E-state index contributed by atoms with van der Waals surface area (Å²) >= 11 is 2.18. The zero-order valence-electron chi connectivity index (χ0n) is 14.5. The van der Waals surface area contributed by atoms with Crippen molar-refractivity contribution in [2.45, 2.75) is 0 Å². The van der Waals surface area contributed by atoms with Gasteiger partial charge in [0, 0.05) is 33.3 Å². The van der Waals surface area contributed by atoms with Crippen LogP contribution in [0, 0.1) is 3.57 Å². The first-order valence-corrected chi connectivity index (χ1v) is 9.40. The Bertz CT molecular complexity index is 1100. The van der Waals surface area contributed by atoms with Gasteiger partial charge in [0.2, 0.25) is 5.88 Å². The summed E-state index contributed by atoms with van der Waals surface area (Å²) in [5.74, 6) is 1.51. The Kier molecular flexibility index (Phi) is 5.29. The quantitative estimate of drug-likeness (QED) is 0.428. The van der Waals surface area contributed by atoms with Gasteiger partial charge in [-0.2, -0.15) is 0 Å². The molecule has 28 heavy (non-hydrogen) atoms. The molecule has 0 saturated heterocycles. The zero-order valence-corrected chi connectivity index (χ0v) is 16.6. The summed E-state index contributed by atoms with van der Waals surface area (Å²) in [6.45, 7) is 0. The maximum absolute atomic E-state index is 12.3. The number of hydrogen-bond acceptors (Lipinski definition) is 5. The van der Waals surface area contributed by atoms with E-state index >= 15 is 0 Å². The van der Waals surface area contributed by atoms with Crippen LogP contribution in [0.25, 0.3) is 5.82 Å². The van der Waals surface area contributed by atoms with Crippen molar-refractivity contribution in [3.05, 3.63) is 88.8 Å². The van der Waals surface area contributed by atoms with Crippen LogP contribution in [0.15, 0.2) is 79.6 Å². The normalized spacial score (nSPS) is 10.5. The van der Waals surface area contributed by atoms with Crippen LogP contribution in [0.4, 0.5) is 5.69 Å². The number of benzene rings is 2. The number of hydrogen-bond donors (Lipinski definition) is 1. The molecule has 0 atom stereocenters. The van der Waals surface area contributed by atoms with Crippen molar-refractivity contribution < 1.29 is 9.53 Å². The number of rotatable bonds is 5. The predicted molar refractivity (Wildman–Crippen MR) is 113 cm³/mol. The number of carbonyl (C=O) groups is 1. The van der Waals surface area contributed by atoms with Gasteiger partial charge in [0.25, 0.3) is 5.91 Å². The summed E-state index contributed by atoms with van der Waals surface area (Å²) in [5.41, 5.74) is 1.29. The van der Waals surface area contributed by atoms with E-state index in [0.29, 0.717) is 28.7 Å². The van der Waals surface area contributed by atoms with E-state index in [1.54, 1.807) is 59.7 Å². The predicted octanol–water partition coefficient (Wildman–Crippen LogP) is 4.31. The van der Waals surface area contributed by atoms with Gasteiger partial charge in [-0.3, -0.25) is 9.36 Å². The Labute approximate surface area is 174 Å². The highest BCUT2D eigenvalue weighted by atomic mass is 127. The van der Waals surface area contributed by atoms with E-state index < -0.39 is 0 Å². The smallest absolute Gasteiger partial charge is 0.255 e. The lowest BCUT2D eigenvalue weighted by Crippen LogP contribution is -2.11. The third-order valence-electron chi connectivity index (χ3n) is 3.82. The molecule has 0 spiro atoms. The fourth-order valence-corrected chi connectivity index (χ4v) is 3.02. The van der Waals surface area contributed by atoms with Crippen LogP contribution in [0.5, 0.6) is 11.6 Å². The van der Waals surface area contributed by atoms with Crippen molar-refractivity contribution in [3.63, 3.8) is 0 Å². The number of ether oxygens (including phenoxy) is 1. The van der Waals surface area contributed by atoms with E-state index in [2.05, 4.69) is 42.9 Å². The second-order valence-corrected chi connectivity index (χ2v) is 7.02. The van der Waals surface area contributed by atoms with Gasteiger partial charge in [-0.15, -0.1) is 0 Å². The first-order valence-electron chi connectivity index (χ1n) is 8.32. The van der Waals surface area contributed by atoms with Gasteiger partial charge in [-0.05, 0) is 65.1 Å². The molecule has 8 heteroatoms. The molecular weight excluding hydrogens is 469 g/mol. The standard InChI is InChI=1S/C20H14IN5O2/c21-15-3-1-2-14(10-15)20(27)25-16-4-6-17(7-5-16)28-19-11-18(23-12-24-19)26-9-8-22-13-26/h1-13H,(H,25,27). The average molecular weight is 483 g/mol. The van der Waals surface area contributed by atoms with Crippen LogP contribution >= 0.6 is 22.6 Å². The highest BCUT2D eigenvalue weighted by molar-refractivity contribution is 14.1. The van der Waals surface area contributed by atoms with Gasteiger partial charge in [-0.25, -0.2) is 15.0 Å². The van der Waals surface area contributed by atoms with Gasteiger partial charge in [-0.1, -0.05) is 6.07 Å². The number of imidazole rings is 1. The minimum Gasteiger partial charge on any atom is -0.439 e. The molecule has 0 unspecified atom stereocenters. The van der Waals surface area contributed by atoms with Crippen LogP contribution in [0.1, 0.15) is 10.4 Å². The average Bonchev–Trinajstić information content (AvgIpc) is 3.25. The summed E-state index contributed by atoms with van der Waals surface area (Å²) in [6, 6.07) is 16.2. The molecule has 4 rings (SSSR count). The molecule has 0 aliphatic rings. The van der Waals surface area contributed by atoms with Gasteiger partial charge >= 0.3 is 0 Å². The van der Waals surface area contributed by atoms with Gasteiger partial charge in [0.15, 0.2) is 0 Å². The molecule has 0 saturated carbocycles. The maximum atomic E-state index is 12.3. The number of anilines is 1. The minimum absolute atomic E-state index is 0.159. The summed E-state index contributed by atoms with van der Waals surface area (Å²) in [7, 11) is 0. The van der Waals surface area contributed by atoms with Crippen LogP contribution < -0.4 is 10.1 Å². The second-order valence-electron chi connectivity index (χ2n) is 5.78. The fourth-order valence-electron chi connectivity index (χ4n) is 2.48. The lowest BCUT2D eigenvalue weighted by molar-refractivity contribution is 0.102. The number of aromatic nitrogens is 4. The maximum Gasteiger partial charge on any atom is 0.255 e. The molecule has 4 aromatic rings. The van der Waals surface area contributed by atoms with Crippen molar-refractivity contribution in [1.29, 1.82) is 0 Å². The summed E-state index contributed by atoms with van der Waals surface area (Å²) < 4.78 is 8.55. The van der Waals surface area contributed by atoms with Crippen molar-refractivity contribution in [1.82, 2.24) is 19.5 Å². The van der Waals surface area contributed by atoms with E-state index in [9.17, 15) is 4.79 Å². The topological polar surface area (TPSA) is 81.9 Å². The molecular formula is C20H14IN5O2. The van der Waals surface area contributed by atoms with Crippen LogP contribution in [-0.2, 0) is 0 Å². The highest BCUT2D eigenvalue weighted by Crippen LogP contribution is 2.22. The Morgan fingerprint density at radius 3 is 2.68 bits per heavy atom. The number of carbonyl (C=O) groups excluding carboxylic acids is 1. The number of nitrogens with zero attached hydrogens (tertiary/aromatic N) is 4. The Morgan fingerprint density at radius 1 is 1.07 bits per heavy atom. The van der Waals surface area contributed by atoms with E-state index in [4.69, 9.17) is 4.74 Å². The lowest BCUT2D eigenvalue weighted by atomic mass is 10.2. The van der Waals surface area contributed by atoms with Gasteiger partial charge in [0.05, 0.1) is 0 Å². The first kappa shape index (κ1) is 18.1. The molecule has 2 aromatic carbocycles. The van der Waals surface area contributed by atoms with Crippen LogP contribution in [0.2, 0.25) is 0 Å². The number of halogens is 1. The first-order chi connectivity index (χ1) is 13.7.